The van der Waals surface area contributed by atoms with Gasteiger partial charge in [0.25, 0.3) is 0 Å². The van der Waals surface area contributed by atoms with Crippen LogP contribution in [-0.4, -0.2) is 15.0 Å². The van der Waals surface area contributed by atoms with Gasteiger partial charge in [-0.3, -0.25) is 0 Å². The molecule has 4 rings (SSSR count). The third kappa shape index (κ3) is 3.39. The molecule has 1 N–H and O–H groups in total. The van der Waals surface area contributed by atoms with Crippen molar-refractivity contribution < 1.29 is 17.5 Å². The van der Waals surface area contributed by atoms with E-state index < -0.39 is 21.9 Å². The second-order valence-electron chi connectivity index (χ2n) is 6.66. The van der Waals surface area contributed by atoms with Crippen molar-refractivity contribution in [1.82, 2.24) is 4.72 Å². The summed E-state index contributed by atoms with van der Waals surface area (Å²) < 4.78 is 48.0. The Labute approximate surface area is 152 Å². The number of allylic oxidation sites excluding steroid dienone is 1. The predicted octanol–water partition coefficient (Wildman–Crippen LogP) is 3.95. The lowest BCUT2D eigenvalue weighted by Gasteiger charge is -2.22. The van der Waals surface area contributed by atoms with E-state index in [0.29, 0.717) is 48.5 Å². The molecule has 136 valence electrons. The maximum absolute atomic E-state index is 13.7. The molecular formula is C20H20FNO3S. The molecular weight excluding hydrogens is 353 g/mol. The lowest BCUT2D eigenvalue weighted by molar-refractivity contribution is 0.315. The maximum atomic E-state index is 13.7. The summed E-state index contributed by atoms with van der Waals surface area (Å²) in [5.74, 6) is 0.142. The van der Waals surface area contributed by atoms with E-state index >= 15 is 0 Å². The maximum Gasteiger partial charge on any atom is 0.237 e. The molecule has 2 aliphatic rings. The third-order valence-electron chi connectivity index (χ3n) is 4.90. The Hall–Kier alpha value is -2.18. The summed E-state index contributed by atoms with van der Waals surface area (Å²) in [6.07, 6.45) is 4.17. The molecule has 0 saturated heterocycles. The van der Waals surface area contributed by atoms with Crippen molar-refractivity contribution in [3.63, 3.8) is 0 Å². The summed E-state index contributed by atoms with van der Waals surface area (Å²) in [6, 6.07) is 11.6. The largest absolute Gasteiger partial charge is 0.493 e. The fourth-order valence-corrected chi connectivity index (χ4v) is 4.98. The van der Waals surface area contributed by atoms with Crippen LogP contribution in [0.3, 0.4) is 0 Å². The molecule has 0 amide bonds. The molecule has 0 bridgehead atoms. The second kappa shape index (κ2) is 6.85. The normalized spacial score (nSPS) is 19.6. The van der Waals surface area contributed by atoms with Gasteiger partial charge in [-0.05, 0) is 61.1 Å². The van der Waals surface area contributed by atoms with Crippen LogP contribution >= 0.6 is 0 Å². The van der Waals surface area contributed by atoms with Crippen LogP contribution in [0.2, 0.25) is 0 Å². The Morgan fingerprint density at radius 2 is 1.96 bits per heavy atom. The molecule has 0 fully saturated rings. The fraction of sp³-hybridized carbons (Fsp3) is 0.300. The van der Waals surface area contributed by atoms with Crippen LogP contribution in [0.5, 0.6) is 5.75 Å². The Kier molecular flexibility index (Phi) is 4.54. The first-order chi connectivity index (χ1) is 12.5. The lowest BCUT2D eigenvalue weighted by Crippen LogP contribution is -2.30. The summed E-state index contributed by atoms with van der Waals surface area (Å²) in [5.41, 5.74) is 2.65. The molecule has 0 saturated carbocycles. The minimum atomic E-state index is -3.66. The zero-order chi connectivity index (χ0) is 18.1. The van der Waals surface area contributed by atoms with E-state index in [0.717, 1.165) is 11.1 Å². The van der Waals surface area contributed by atoms with Gasteiger partial charge in [-0.15, -0.1) is 0 Å². The average Bonchev–Trinajstić information content (AvgIpc) is 2.83. The number of nitrogens with one attached hydrogen (secondary N) is 1. The minimum absolute atomic E-state index is 0.374. The standard InChI is InChI=1S/C20H20FNO3S/c21-16-8-10-20-18(13-16)19(6-3-11-25-20)22-26(23,24)17-9-7-14-4-1-2-5-15(14)12-17/h1-2,4-5,8,10,12-13,19,22H,3,6-7,9,11H2/t19-/m1/s1. The number of fused-ring (bicyclic) bond motifs is 2. The van der Waals surface area contributed by atoms with Gasteiger partial charge in [0.15, 0.2) is 0 Å². The van der Waals surface area contributed by atoms with Crippen LogP contribution in [-0.2, 0) is 16.4 Å². The van der Waals surface area contributed by atoms with Gasteiger partial charge in [-0.1, -0.05) is 24.3 Å². The molecule has 2 aromatic carbocycles. The van der Waals surface area contributed by atoms with Crippen LogP contribution in [0.4, 0.5) is 4.39 Å². The van der Waals surface area contributed by atoms with Crippen LogP contribution in [0.25, 0.3) is 6.08 Å². The monoisotopic (exact) mass is 373 g/mol. The van der Waals surface area contributed by atoms with E-state index in [2.05, 4.69) is 4.72 Å². The van der Waals surface area contributed by atoms with Gasteiger partial charge >= 0.3 is 0 Å². The Balaban J connectivity index is 1.65. The highest BCUT2D eigenvalue weighted by molar-refractivity contribution is 7.93. The number of hydrogen-bond donors (Lipinski definition) is 1. The molecule has 0 radical (unpaired) electrons. The highest BCUT2D eigenvalue weighted by Crippen LogP contribution is 2.34. The summed E-state index contributed by atoms with van der Waals surface area (Å²) in [7, 11) is -3.66. The summed E-state index contributed by atoms with van der Waals surface area (Å²) in [5, 5.41) is 0. The first-order valence-electron chi connectivity index (χ1n) is 8.76. The molecule has 1 atom stereocenters. The summed E-state index contributed by atoms with van der Waals surface area (Å²) in [4.78, 5) is 0.374. The number of aryl methyl sites for hydroxylation is 1. The minimum Gasteiger partial charge on any atom is -0.493 e. The molecule has 0 unspecified atom stereocenters. The quantitative estimate of drug-likeness (QED) is 0.886. The van der Waals surface area contributed by atoms with Gasteiger partial charge in [0.05, 0.1) is 17.6 Å². The molecule has 26 heavy (non-hydrogen) atoms. The highest BCUT2D eigenvalue weighted by Gasteiger charge is 2.28. The van der Waals surface area contributed by atoms with Crippen molar-refractivity contribution >= 4 is 16.1 Å². The molecule has 6 heteroatoms. The van der Waals surface area contributed by atoms with Gasteiger partial charge in [-0.2, -0.15) is 0 Å². The SMILES string of the molecule is O=S(=O)(N[C@@H]1CCCOc2ccc(F)cc21)C1=Cc2ccccc2CC1. The van der Waals surface area contributed by atoms with Crippen LogP contribution in [0.15, 0.2) is 47.4 Å². The van der Waals surface area contributed by atoms with Crippen LogP contribution in [0, 0.1) is 5.82 Å². The predicted molar refractivity (Wildman–Crippen MR) is 98.7 cm³/mol. The number of rotatable bonds is 3. The Morgan fingerprint density at radius 1 is 1.12 bits per heavy atom. The second-order valence-corrected chi connectivity index (χ2v) is 8.42. The van der Waals surface area contributed by atoms with Gasteiger partial charge in [-0.25, -0.2) is 17.5 Å². The Morgan fingerprint density at radius 3 is 2.85 bits per heavy atom. The molecule has 0 aromatic heterocycles. The first kappa shape index (κ1) is 17.2. The number of sulfonamides is 1. The topological polar surface area (TPSA) is 55.4 Å². The third-order valence-corrected chi connectivity index (χ3v) is 6.50. The summed E-state index contributed by atoms with van der Waals surface area (Å²) in [6.45, 7) is 0.493. The Bertz CT molecular complexity index is 969. The van der Waals surface area contributed by atoms with E-state index in [-0.39, 0.29) is 0 Å². The van der Waals surface area contributed by atoms with E-state index in [1.54, 1.807) is 12.1 Å². The smallest absolute Gasteiger partial charge is 0.237 e. The first-order valence-corrected chi connectivity index (χ1v) is 10.2. The molecule has 2 aromatic rings. The number of benzene rings is 2. The highest BCUT2D eigenvalue weighted by atomic mass is 32.2. The average molecular weight is 373 g/mol. The number of ether oxygens (including phenoxy) is 1. The van der Waals surface area contributed by atoms with Gasteiger partial charge in [0, 0.05) is 5.56 Å². The fourth-order valence-electron chi connectivity index (χ4n) is 3.55. The van der Waals surface area contributed by atoms with Gasteiger partial charge in [0.1, 0.15) is 11.6 Å². The van der Waals surface area contributed by atoms with Gasteiger partial charge in [0.2, 0.25) is 10.0 Å². The van der Waals surface area contributed by atoms with E-state index in [1.165, 1.54) is 12.1 Å². The number of hydrogen-bond acceptors (Lipinski definition) is 3. The van der Waals surface area contributed by atoms with Crippen LogP contribution < -0.4 is 9.46 Å². The molecule has 1 aliphatic heterocycles. The zero-order valence-corrected chi connectivity index (χ0v) is 15.1. The van der Waals surface area contributed by atoms with Gasteiger partial charge < -0.3 is 4.74 Å². The summed E-state index contributed by atoms with van der Waals surface area (Å²) >= 11 is 0. The van der Waals surface area contributed by atoms with Crippen molar-refractivity contribution in [3.8, 4) is 5.75 Å². The molecule has 4 nitrogen and oxygen atoms in total. The lowest BCUT2D eigenvalue weighted by atomic mass is 9.98. The van der Waals surface area contributed by atoms with Crippen molar-refractivity contribution in [2.75, 3.05) is 6.61 Å². The van der Waals surface area contributed by atoms with Crippen LogP contribution in [0.1, 0.15) is 42.0 Å². The van der Waals surface area contributed by atoms with Crippen molar-refractivity contribution in [2.45, 2.75) is 31.7 Å². The zero-order valence-electron chi connectivity index (χ0n) is 14.2. The van der Waals surface area contributed by atoms with Crippen molar-refractivity contribution in [3.05, 3.63) is 69.9 Å². The van der Waals surface area contributed by atoms with Crippen molar-refractivity contribution in [2.24, 2.45) is 0 Å². The van der Waals surface area contributed by atoms with E-state index in [1.807, 2.05) is 24.3 Å². The molecule has 1 heterocycles. The number of halogens is 1. The van der Waals surface area contributed by atoms with Crippen molar-refractivity contribution in [1.29, 1.82) is 0 Å². The molecule has 0 spiro atoms. The van der Waals surface area contributed by atoms with E-state index in [4.69, 9.17) is 4.74 Å². The van der Waals surface area contributed by atoms with E-state index in [9.17, 15) is 12.8 Å². The molecule has 1 aliphatic carbocycles.